The molecule has 1 aliphatic rings. The number of carbonyl (C=O) groups excluding carboxylic acids is 1. The number of hydrogen-bond acceptors (Lipinski definition) is 5. The molecule has 7 nitrogen and oxygen atoms in total. The molecule has 4 N–H and O–H groups in total. The number of hydrogen-bond donors (Lipinski definition) is 3. The van der Waals surface area contributed by atoms with Crippen LogP contribution < -0.4 is 11.1 Å². The number of carboxylic acids is 1. The number of carbonyl (C=O) groups is 2. The van der Waals surface area contributed by atoms with E-state index in [1.54, 1.807) is 6.92 Å². The summed E-state index contributed by atoms with van der Waals surface area (Å²) in [4.78, 5) is 27.0. The van der Waals surface area contributed by atoms with Crippen LogP contribution in [-0.2, 0) is 14.3 Å². The van der Waals surface area contributed by atoms with Crippen molar-refractivity contribution in [1.82, 2.24) is 5.32 Å². The van der Waals surface area contributed by atoms with Gasteiger partial charge in [-0.05, 0) is 6.92 Å². The topological polar surface area (TPSA) is 114 Å². The number of nitrogens with one attached hydrogen (secondary N) is 1. The molecule has 0 aliphatic carbocycles. The minimum atomic E-state index is -1.40. The quantitative estimate of drug-likeness (QED) is 0.471. The predicted octanol–water partition coefficient (Wildman–Crippen LogP) is -0.207. The summed E-state index contributed by atoms with van der Waals surface area (Å²) in [6.45, 7) is 5.43. The van der Waals surface area contributed by atoms with Crippen molar-refractivity contribution in [3.05, 3.63) is 24.0 Å². The number of ether oxygens (including phenoxy) is 1. The van der Waals surface area contributed by atoms with Crippen LogP contribution in [0.25, 0.3) is 0 Å². The minimum absolute atomic E-state index is 0.0653. The predicted molar refractivity (Wildman–Crippen MR) is 69.5 cm³/mol. The first-order valence-electron chi connectivity index (χ1n) is 5.66. The Morgan fingerprint density at radius 3 is 2.68 bits per heavy atom. The van der Waals surface area contributed by atoms with E-state index in [0.29, 0.717) is 5.70 Å². The molecule has 0 aromatic rings. The Hall–Kier alpha value is -2.15. The molecule has 1 atom stereocenters. The highest BCUT2D eigenvalue weighted by Crippen LogP contribution is 2.19. The molecule has 0 unspecified atom stereocenters. The average Bonchev–Trinajstić information content (AvgIpc) is 2.79. The van der Waals surface area contributed by atoms with Crippen LogP contribution in [-0.4, -0.2) is 42.0 Å². The largest absolute Gasteiger partial charge is 0.479 e. The van der Waals surface area contributed by atoms with Crippen LogP contribution >= 0.6 is 0 Å². The maximum atomic E-state index is 12.0. The number of amides is 1. The van der Waals surface area contributed by atoms with Crippen molar-refractivity contribution in [2.45, 2.75) is 18.9 Å². The zero-order valence-electron chi connectivity index (χ0n) is 10.7. The maximum absolute atomic E-state index is 12.0. The summed E-state index contributed by atoms with van der Waals surface area (Å²) in [5, 5.41) is 11.6. The number of nitrogens with zero attached hydrogens (tertiary/aromatic N) is 1. The molecule has 1 rings (SSSR count). The first kappa shape index (κ1) is 14.9. The van der Waals surface area contributed by atoms with Crippen LogP contribution in [0.3, 0.4) is 0 Å². The standard InChI is InChI=1S/C12H17N3O4/c1-8(2)14-6-9(5-13)10(16)15-12(11(17)18)3-4-19-7-12/h5-6H,1,3-4,7,13H2,2H3,(H,15,16)(H,17,18)/b9-5+,14-6?/t12-/m0/s1. The second kappa shape index (κ2) is 6.14. The van der Waals surface area contributed by atoms with E-state index in [1.165, 1.54) is 6.21 Å². The van der Waals surface area contributed by atoms with E-state index >= 15 is 0 Å². The van der Waals surface area contributed by atoms with E-state index in [1.807, 2.05) is 0 Å². The third kappa shape index (κ3) is 3.65. The molecule has 1 amide bonds. The number of aliphatic carboxylic acids is 1. The lowest BCUT2D eigenvalue weighted by atomic mass is 9.98. The van der Waals surface area contributed by atoms with Gasteiger partial charge >= 0.3 is 5.97 Å². The van der Waals surface area contributed by atoms with Gasteiger partial charge in [0.15, 0.2) is 5.54 Å². The summed E-state index contributed by atoms with van der Waals surface area (Å²) < 4.78 is 5.04. The Labute approximate surface area is 110 Å². The molecule has 104 valence electrons. The second-order valence-electron chi connectivity index (χ2n) is 4.26. The molecule has 0 aromatic heterocycles. The highest BCUT2D eigenvalue weighted by Gasteiger charge is 2.44. The van der Waals surface area contributed by atoms with Crippen LogP contribution in [0, 0.1) is 0 Å². The smallest absolute Gasteiger partial charge is 0.331 e. The first-order chi connectivity index (χ1) is 8.91. The van der Waals surface area contributed by atoms with Gasteiger partial charge in [-0.15, -0.1) is 0 Å². The van der Waals surface area contributed by atoms with Crippen molar-refractivity contribution < 1.29 is 19.4 Å². The molecule has 0 spiro atoms. The third-order valence-electron chi connectivity index (χ3n) is 2.65. The van der Waals surface area contributed by atoms with Crippen LogP contribution in [0.5, 0.6) is 0 Å². The molecular formula is C12H17N3O4. The zero-order valence-corrected chi connectivity index (χ0v) is 10.7. The molecule has 1 aliphatic heterocycles. The molecule has 7 heteroatoms. The number of aliphatic imine (C=N–C) groups is 1. The average molecular weight is 267 g/mol. The fourth-order valence-corrected chi connectivity index (χ4v) is 1.53. The van der Waals surface area contributed by atoms with Crippen molar-refractivity contribution in [3.8, 4) is 0 Å². The fraction of sp³-hybridized carbons (Fsp3) is 0.417. The molecule has 0 bridgehead atoms. The van der Waals surface area contributed by atoms with Crippen molar-refractivity contribution in [2.75, 3.05) is 13.2 Å². The Bertz CT molecular complexity index is 448. The number of rotatable bonds is 5. The first-order valence-corrected chi connectivity index (χ1v) is 5.66. The summed E-state index contributed by atoms with van der Waals surface area (Å²) in [6, 6.07) is 0. The molecule has 1 heterocycles. The van der Waals surface area contributed by atoms with Gasteiger partial charge in [0.2, 0.25) is 0 Å². The number of carboxylic acid groups (broad SMARTS) is 1. The van der Waals surface area contributed by atoms with Crippen molar-refractivity contribution in [3.63, 3.8) is 0 Å². The van der Waals surface area contributed by atoms with Gasteiger partial charge in [-0.3, -0.25) is 9.79 Å². The normalized spacial score (nSPS) is 23.5. The highest BCUT2D eigenvalue weighted by molar-refractivity contribution is 6.13. The SMILES string of the molecule is C=C(C)N=C/C(=C\N)C(=O)N[C@@]1(C(=O)O)CCOC1. The Morgan fingerprint density at radius 1 is 1.58 bits per heavy atom. The summed E-state index contributed by atoms with van der Waals surface area (Å²) in [6.07, 6.45) is 2.51. The summed E-state index contributed by atoms with van der Waals surface area (Å²) >= 11 is 0. The van der Waals surface area contributed by atoms with Crippen molar-refractivity contribution >= 4 is 18.1 Å². The lowest BCUT2D eigenvalue weighted by Crippen LogP contribution is -2.55. The monoisotopic (exact) mass is 267 g/mol. The molecule has 1 fully saturated rings. The van der Waals surface area contributed by atoms with E-state index in [2.05, 4.69) is 16.9 Å². The van der Waals surface area contributed by atoms with Gasteiger partial charge in [-0.25, -0.2) is 4.79 Å². The van der Waals surface area contributed by atoms with E-state index in [0.717, 1.165) is 6.20 Å². The summed E-state index contributed by atoms with van der Waals surface area (Å²) in [7, 11) is 0. The molecule has 0 aromatic carbocycles. The zero-order chi connectivity index (χ0) is 14.5. The molecule has 19 heavy (non-hydrogen) atoms. The Morgan fingerprint density at radius 2 is 2.26 bits per heavy atom. The van der Waals surface area contributed by atoms with Gasteiger partial charge in [-0.1, -0.05) is 6.58 Å². The summed E-state index contributed by atoms with van der Waals surface area (Å²) in [5.41, 5.74) is 4.50. The van der Waals surface area contributed by atoms with Gasteiger partial charge in [0.1, 0.15) is 0 Å². The molecule has 0 saturated carbocycles. The second-order valence-corrected chi connectivity index (χ2v) is 4.26. The van der Waals surface area contributed by atoms with E-state index in [4.69, 9.17) is 10.5 Å². The summed E-state index contributed by atoms with van der Waals surface area (Å²) in [5.74, 6) is -1.74. The van der Waals surface area contributed by atoms with Gasteiger partial charge in [0.05, 0.1) is 12.2 Å². The van der Waals surface area contributed by atoms with E-state index < -0.39 is 17.4 Å². The minimum Gasteiger partial charge on any atom is -0.479 e. The fourth-order valence-electron chi connectivity index (χ4n) is 1.53. The van der Waals surface area contributed by atoms with Crippen LogP contribution in [0.4, 0.5) is 0 Å². The lowest BCUT2D eigenvalue weighted by Gasteiger charge is -2.23. The van der Waals surface area contributed by atoms with E-state index in [9.17, 15) is 14.7 Å². The van der Waals surface area contributed by atoms with E-state index in [-0.39, 0.29) is 25.2 Å². The van der Waals surface area contributed by atoms with Crippen molar-refractivity contribution in [1.29, 1.82) is 0 Å². The molecule has 1 saturated heterocycles. The van der Waals surface area contributed by atoms with Gasteiger partial charge in [-0.2, -0.15) is 0 Å². The van der Waals surface area contributed by atoms with Gasteiger partial charge in [0.25, 0.3) is 5.91 Å². The van der Waals surface area contributed by atoms with Crippen molar-refractivity contribution in [2.24, 2.45) is 10.7 Å². The van der Waals surface area contributed by atoms with Crippen LogP contribution in [0.2, 0.25) is 0 Å². The Kier molecular flexibility index (Phi) is 4.82. The van der Waals surface area contributed by atoms with Crippen LogP contribution in [0.1, 0.15) is 13.3 Å². The third-order valence-corrected chi connectivity index (χ3v) is 2.65. The molecule has 0 radical (unpaired) electrons. The number of allylic oxidation sites excluding steroid dienone is 1. The maximum Gasteiger partial charge on any atom is 0.331 e. The van der Waals surface area contributed by atoms with Gasteiger partial charge < -0.3 is 20.9 Å². The van der Waals surface area contributed by atoms with Crippen LogP contribution in [0.15, 0.2) is 29.0 Å². The molecular weight excluding hydrogens is 250 g/mol. The highest BCUT2D eigenvalue weighted by atomic mass is 16.5. The lowest BCUT2D eigenvalue weighted by molar-refractivity contribution is -0.147. The van der Waals surface area contributed by atoms with Gasteiger partial charge in [0, 0.05) is 31.1 Å². The Balaban J connectivity index is 2.82. The number of nitrogens with two attached hydrogens (primary N) is 1.